The number of rotatable bonds is 4. The normalized spacial score (nSPS) is 18.2. The van der Waals surface area contributed by atoms with E-state index in [9.17, 15) is 4.79 Å². The van der Waals surface area contributed by atoms with Crippen LogP contribution in [0.1, 0.15) is 49.4 Å². The number of aromatic amines is 1. The molecule has 4 N–H and O–H groups in total. The fourth-order valence-electron chi connectivity index (χ4n) is 2.62. The van der Waals surface area contributed by atoms with Crippen LogP contribution in [0.5, 0.6) is 0 Å². The Bertz CT molecular complexity index is 393. The van der Waals surface area contributed by atoms with Gasteiger partial charge in [-0.3, -0.25) is 9.89 Å². The Morgan fingerprint density at radius 2 is 2.29 bits per heavy atom. The molecule has 0 radical (unpaired) electrons. The predicted molar refractivity (Wildman–Crippen MR) is 66.5 cm³/mol. The number of amides is 1. The second kappa shape index (κ2) is 4.77. The summed E-state index contributed by atoms with van der Waals surface area (Å²) in [7, 11) is 0. The molecule has 5 heteroatoms. The highest BCUT2D eigenvalue weighted by molar-refractivity contribution is 5.98. The summed E-state index contributed by atoms with van der Waals surface area (Å²) < 4.78 is 0. The third-order valence-corrected chi connectivity index (χ3v) is 3.95. The molecule has 1 heterocycles. The van der Waals surface area contributed by atoms with Gasteiger partial charge in [-0.05, 0) is 24.7 Å². The van der Waals surface area contributed by atoms with Gasteiger partial charge in [0.25, 0.3) is 5.91 Å². The lowest BCUT2D eigenvalue weighted by Crippen LogP contribution is -2.35. The van der Waals surface area contributed by atoms with Gasteiger partial charge in [-0.15, -0.1) is 0 Å². The Morgan fingerprint density at radius 3 is 2.82 bits per heavy atom. The molecule has 0 saturated heterocycles. The number of nitrogens with one attached hydrogen (secondary N) is 2. The Kier molecular flexibility index (Phi) is 3.36. The van der Waals surface area contributed by atoms with Crippen LogP contribution in [-0.4, -0.2) is 22.6 Å². The molecule has 1 fully saturated rings. The standard InChI is InChI=1S/C12H20N4O/c1-2-12(5-3-4-6-12)8-14-11(17)9-7-15-16-10(9)13/h7H,2-6,8H2,1H3,(H,14,17)(H3,13,15,16). The highest BCUT2D eigenvalue weighted by Crippen LogP contribution is 2.40. The average molecular weight is 236 g/mol. The van der Waals surface area contributed by atoms with Crippen molar-refractivity contribution in [3.63, 3.8) is 0 Å². The molecule has 0 bridgehead atoms. The Balaban J connectivity index is 1.94. The van der Waals surface area contributed by atoms with Crippen molar-refractivity contribution < 1.29 is 4.79 Å². The smallest absolute Gasteiger partial charge is 0.256 e. The molecule has 0 aliphatic heterocycles. The molecule has 0 spiro atoms. The zero-order valence-electron chi connectivity index (χ0n) is 10.3. The number of hydrogen-bond acceptors (Lipinski definition) is 3. The molecule has 1 aromatic rings. The first-order chi connectivity index (χ1) is 8.17. The van der Waals surface area contributed by atoms with E-state index in [-0.39, 0.29) is 5.91 Å². The Labute approximate surface area is 101 Å². The Morgan fingerprint density at radius 1 is 1.59 bits per heavy atom. The minimum atomic E-state index is -0.129. The number of carbonyl (C=O) groups is 1. The summed E-state index contributed by atoms with van der Waals surface area (Å²) in [6, 6.07) is 0. The van der Waals surface area contributed by atoms with Gasteiger partial charge >= 0.3 is 0 Å². The van der Waals surface area contributed by atoms with Crippen molar-refractivity contribution in [3.05, 3.63) is 11.8 Å². The lowest BCUT2D eigenvalue weighted by molar-refractivity contribution is 0.0929. The first-order valence-electron chi connectivity index (χ1n) is 6.24. The van der Waals surface area contributed by atoms with E-state index in [1.54, 1.807) is 0 Å². The molecule has 5 nitrogen and oxygen atoms in total. The van der Waals surface area contributed by atoms with Crippen molar-refractivity contribution in [2.45, 2.75) is 39.0 Å². The number of H-pyrrole nitrogens is 1. The van der Waals surface area contributed by atoms with Crippen LogP contribution in [0, 0.1) is 5.41 Å². The second-order valence-corrected chi connectivity index (χ2v) is 4.94. The number of nitrogens with zero attached hydrogens (tertiary/aromatic N) is 1. The van der Waals surface area contributed by atoms with Crippen LogP contribution in [0.2, 0.25) is 0 Å². The topological polar surface area (TPSA) is 83.8 Å². The van der Waals surface area contributed by atoms with Crippen LogP contribution in [0.25, 0.3) is 0 Å². The van der Waals surface area contributed by atoms with Crippen LogP contribution < -0.4 is 11.1 Å². The van der Waals surface area contributed by atoms with Gasteiger partial charge in [0.15, 0.2) is 0 Å². The molecule has 0 atom stereocenters. The maximum absolute atomic E-state index is 11.9. The number of hydrogen-bond donors (Lipinski definition) is 3. The molecular weight excluding hydrogens is 216 g/mol. The number of nitrogens with two attached hydrogens (primary N) is 1. The van der Waals surface area contributed by atoms with Crippen LogP contribution in [0.4, 0.5) is 5.82 Å². The molecular formula is C12H20N4O. The summed E-state index contributed by atoms with van der Waals surface area (Å²) >= 11 is 0. The van der Waals surface area contributed by atoms with Crippen LogP contribution >= 0.6 is 0 Å². The molecule has 1 amide bonds. The van der Waals surface area contributed by atoms with E-state index in [0.717, 1.165) is 13.0 Å². The summed E-state index contributed by atoms with van der Waals surface area (Å²) in [5.74, 6) is 0.204. The van der Waals surface area contributed by atoms with Gasteiger partial charge in [-0.2, -0.15) is 5.10 Å². The SMILES string of the molecule is CCC1(CNC(=O)c2cn[nH]c2N)CCCC1. The molecule has 94 valence electrons. The molecule has 1 aromatic heterocycles. The predicted octanol–water partition coefficient (Wildman–Crippen LogP) is 1.69. The number of anilines is 1. The maximum Gasteiger partial charge on any atom is 0.256 e. The van der Waals surface area contributed by atoms with Gasteiger partial charge in [0, 0.05) is 6.54 Å². The fraction of sp³-hybridized carbons (Fsp3) is 0.667. The Hall–Kier alpha value is -1.52. The average Bonchev–Trinajstić information content (AvgIpc) is 2.95. The quantitative estimate of drug-likeness (QED) is 0.743. The van der Waals surface area contributed by atoms with Crippen LogP contribution in [-0.2, 0) is 0 Å². The van der Waals surface area contributed by atoms with Crippen molar-refractivity contribution >= 4 is 11.7 Å². The summed E-state index contributed by atoms with van der Waals surface area (Å²) in [5.41, 5.74) is 6.35. The monoisotopic (exact) mass is 236 g/mol. The summed E-state index contributed by atoms with van der Waals surface area (Å²) in [6.07, 6.45) is 7.57. The van der Waals surface area contributed by atoms with Gasteiger partial charge in [-0.1, -0.05) is 19.8 Å². The lowest BCUT2D eigenvalue weighted by atomic mass is 9.83. The van der Waals surface area contributed by atoms with Crippen molar-refractivity contribution in [3.8, 4) is 0 Å². The molecule has 1 aliphatic carbocycles. The van der Waals surface area contributed by atoms with Crippen LogP contribution in [0.3, 0.4) is 0 Å². The van der Waals surface area contributed by atoms with Gasteiger partial charge in [0.2, 0.25) is 0 Å². The summed E-state index contributed by atoms with van der Waals surface area (Å²) in [4.78, 5) is 11.9. The van der Waals surface area contributed by atoms with E-state index >= 15 is 0 Å². The first-order valence-corrected chi connectivity index (χ1v) is 6.24. The molecule has 0 unspecified atom stereocenters. The molecule has 0 aromatic carbocycles. The van der Waals surface area contributed by atoms with Crippen LogP contribution in [0.15, 0.2) is 6.20 Å². The summed E-state index contributed by atoms with van der Waals surface area (Å²) in [5, 5.41) is 9.30. The van der Waals surface area contributed by atoms with E-state index in [2.05, 4.69) is 22.4 Å². The number of aromatic nitrogens is 2. The van der Waals surface area contributed by atoms with Crippen molar-refractivity contribution in [1.29, 1.82) is 0 Å². The second-order valence-electron chi connectivity index (χ2n) is 4.94. The highest BCUT2D eigenvalue weighted by atomic mass is 16.1. The minimum absolute atomic E-state index is 0.129. The van der Waals surface area contributed by atoms with Gasteiger partial charge in [0.05, 0.1) is 6.20 Å². The van der Waals surface area contributed by atoms with E-state index < -0.39 is 0 Å². The van der Waals surface area contributed by atoms with Crippen molar-refractivity contribution in [1.82, 2.24) is 15.5 Å². The van der Waals surface area contributed by atoms with Gasteiger partial charge < -0.3 is 11.1 Å². The van der Waals surface area contributed by atoms with Crippen molar-refractivity contribution in [2.75, 3.05) is 12.3 Å². The number of nitrogen functional groups attached to an aromatic ring is 1. The summed E-state index contributed by atoms with van der Waals surface area (Å²) in [6.45, 7) is 2.94. The minimum Gasteiger partial charge on any atom is -0.383 e. The van der Waals surface area contributed by atoms with E-state index in [1.165, 1.54) is 31.9 Å². The maximum atomic E-state index is 11.9. The highest BCUT2D eigenvalue weighted by Gasteiger charge is 2.32. The third-order valence-electron chi connectivity index (χ3n) is 3.95. The zero-order valence-corrected chi connectivity index (χ0v) is 10.3. The van der Waals surface area contributed by atoms with E-state index in [0.29, 0.717) is 16.8 Å². The first kappa shape index (κ1) is 12.0. The van der Waals surface area contributed by atoms with Gasteiger partial charge in [0.1, 0.15) is 11.4 Å². The molecule has 2 rings (SSSR count). The number of carbonyl (C=O) groups excluding carboxylic acids is 1. The largest absolute Gasteiger partial charge is 0.383 e. The van der Waals surface area contributed by atoms with E-state index in [4.69, 9.17) is 5.73 Å². The van der Waals surface area contributed by atoms with Gasteiger partial charge in [-0.25, -0.2) is 0 Å². The zero-order chi connectivity index (χ0) is 12.3. The third kappa shape index (κ3) is 2.43. The van der Waals surface area contributed by atoms with E-state index in [1.807, 2.05) is 0 Å². The van der Waals surface area contributed by atoms with Crippen molar-refractivity contribution in [2.24, 2.45) is 5.41 Å². The molecule has 1 saturated carbocycles. The molecule has 1 aliphatic rings. The lowest BCUT2D eigenvalue weighted by Gasteiger charge is -2.27. The fourth-order valence-corrected chi connectivity index (χ4v) is 2.62. The molecule has 17 heavy (non-hydrogen) atoms.